The predicted molar refractivity (Wildman–Crippen MR) is 58.1 cm³/mol. The molecule has 0 aliphatic heterocycles. The molecule has 1 aromatic heterocycles. The van der Waals surface area contributed by atoms with E-state index in [2.05, 4.69) is 5.16 Å². The van der Waals surface area contributed by atoms with Gasteiger partial charge in [0.2, 0.25) is 11.2 Å². The van der Waals surface area contributed by atoms with Crippen LogP contribution >= 0.6 is 0 Å². The van der Waals surface area contributed by atoms with Crippen LogP contribution in [0.4, 0.5) is 0 Å². The Hall–Kier alpha value is -2.30. The van der Waals surface area contributed by atoms with Crippen molar-refractivity contribution in [3.8, 4) is 5.75 Å². The van der Waals surface area contributed by atoms with E-state index in [4.69, 9.17) is 9.62 Å². The van der Waals surface area contributed by atoms with Crippen molar-refractivity contribution < 1.29 is 14.7 Å². The number of nitrogens with zero attached hydrogens (tertiary/aromatic N) is 1. The largest absolute Gasteiger partial charge is 0.501 e. The van der Waals surface area contributed by atoms with E-state index in [1.165, 1.54) is 6.92 Å². The lowest BCUT2D eigenvalue weighted by atomic mass is 10.2. The molecular formula is C11H9NO4. The van der Waals surface area contributed by atoms with Crippen LogP contribution in [0.25, 0.3) is 11.0 Å². The van der Waals surface area contributed by atoms with Gasteiger partial charge in [0.15, 0.2) is 5.76 Å². The van der Waals surface area contributed by atoms with Crippen molar-refractivity contribution in [2.24, 2.45) is 5.16 Å². The summed E-state index contributed by atoms with van der Waals surface area (Å²) in [7, 11) is 0. The zero-order valence-corrected chi connectivity index (χ0v) is 8.47. The molecule has 2 N–H and O–H groups in total. The maximum absolute atomic E-state index is 11.7. The molecule has 0 aliphatic carbocycles. The third kappa shape index (κ3) is 1.42. The van der Waals surface area contributed by atoms with Crippen LogP contribution in [-0.4, -0.2) is 16.0 Å². The quantitative estimate of drug-likeness (QED) is 0.434. The lowest BCUT2D eigenvalue weighted by Gasteiger charge is -2.03. The highest BCUT2D eigenvalue weighted by Gasteiger charge is 2.15. The summed E-state index contributed by atoms with van der Waals surface area (Å²) in [5.41, 5.74) is -0.163. The Kier molecular flexibility index (Phi) is 2.36. The van der Waals surface area contributed by atoms with Gasteiger partial charge in [0.05, 0.1) is 5.39 Å². The smallest absolute Gasteiger partial charge is 0.235 e. The number of oxime groups is 1. The molecule has 16 heavy (non-hydrogen) atoms. The Labute approximate surface area is 90.2 Å². The first kappa shape index (κ1) is 10.2. The summed E-state index contributed by atoms with van der Waals surface area (Å²) < 4.78 is 5.29. The summed E-state index contributed by atoms with van der Waals surface area (Å²) in [6.45, 7) is 1.42. The van der Waals surface area contributed by atoms with E-state index in [1.54, 1.807) is 24.3 Å². The van der Waals surface area contributed by atoms with Crippen LogP contribution in [0.5, 0.6) is 5.75 Å². The molecule has 1 heterocycles. The predicted octanol–water partition coefficient (Wildman–Crippen LogP) is 1.70. The van der Waals surface area contributed by atoms with E-state index < -0.39 is 11.2 Å². The molecule has 0 amide bonds. The summed E-state index contributed by atoms with van der Waals surface area (Å²) >= 11 is 0. The maximum Gasteiger partial charge on any atom is 0.235 e. The van der Waals surface area contributed by atoms with Gasteiger partial charge in [-0.3, -0.25) is 4.79 Å². The monoisotopic (exact) mass is 219 g/mol. The molecule has 0 saturated carbocycles. The van der Waals surface area contributed by atoms with Crippen LogP contribution in [0.1, 0.15) is 12.7 Å². The van der Waals surface area contributed by atoms with Crippen molar-refractivity contribution >= 4 is 16.7 Å². The van der Waals surface area contributed by atoms with Gasteiger partial charge >= 0.3 is 0 Å². The Morgan fingerprint density at radius 1 is 1.38 bits per heavy atom. The molecule has 82 valence electrons. The molecule has 5 heteroatoms. The van der Waals surface area contributed by atoms with Crippen molar-refractivity contribution in [3.63, 3.8) is 0 Å². The van der Waals surface area contributed by atoms with E-state index in [-0.39, 0.29) is 16.9 Å². The van der Waals surface area contributed by atoms with Crippen molar-refractivity contribution in [1.82, 2.24) is 0 Å². The van der Waals surface area contributed by atoms with Crippen LogP contribution in [0.15, 0.2) is 38.6 Å². The van der Waals surface area contributed by atoms with Crippen molar-refractivity contribution in [2.45, 2.75) is 6.92 Å². The molecule has 5 nitrogen and oxygen atoms in total. The van der Waals surface area contributed by atoms with Crippen molar-refractivity contribution in [3.05, 3.63) is 40.2 Å². The average molecular weight is 219 g/mol. The lowest BCUT2D eigenvalue weighted by Crippen LogP contribution is -2.07. The van der Waals surface area contributed by atoms with Crippen LogP contribution in [0.3, 0.4) is 0 Å². The summed E-state index contributed by atoms with van der Waals surface area (Å²) in [4.78, 5) is 11.7. The average Bonchev–Trinajstić information content (AvgIpc) is 2.33. The maximum atomic E-state index is 11.7. The molecular weight excluding hydrogens is 210 g/mol. The van der Waals surface area contributed by atoms with Gasteiger partial charge in [-0.15, -0.1) is 0 Å². The van der Waals surface area contributed by atoms with Gasteiger partial charge in [0.25, 0.3) is 0 Å². The first-order chi connectivity index (χ1) is 7.65. The van der Waals surface area contributed by atoms with Crippen LogP contribution < -0.4 is 5.43 Å². The number of para-hydroxylation sites is 1. The van der Waals surface area contributed by atoms with Gasteiger partial charge in [-0.2, -0.15) is 0 Å². The SMILES string of the molecule is CC(=NO)c1oc2ccccc2c(=O)c1O. The van der Waals surface area contributed by atoms with E-state index >= 15 is 0 Å². The molecule has 0 bridgehead atoms. The summed E-state index contributed by atoms with van der Waals surface area (Å²) in [5.74, 6) is -0.666. The number of hydrogen-bond donors (Lipinski definition) is 2. The zero-order chi connectivity index (χ0) is 11.7. The molecule has 0 radical (unpaired) electrons. The summed E-state index contributed by atoms with van der Waals surface area (Å²) in [6, 6.07) is 6.53. The van der Waals surface area contributed by atoms with Crippen LogP contribution in [0, 0.1) is 0 Å². The van der Waals surface area contributed by atoms with Gasteiger partial charge in [-0.25, -0.2) is 0 Å². The van der Waals surface area contributed by atoms with E-state index in [9.17, 15) is 9.90 Å². The number of benzene rings is 1. The van der Waals surface area contributed by atoms with Crippen LogP contribution in [-0.2, 0) is 0 Å². The standard InChI is InChI=1S/C11H9NO4/c1-6(12-15)11-10(14)9(13)7-4-2-3-5-8(7)16-11/h2-5,14-15H,1H3. The third-order valence-corrected chi connectivity index (χ3v) is 2.25. The van der Waals surface area contributed by atoms with Crippen molar-refractivity contribution in [2.75, 3.05) is 0 Å². The zero-order valence-electron chi connectivity index (χ0n) is 8.47. The molecule has 0 spiro atoms. The second-order valence-corrected chi connectivity index (χ2v) is 3.29. The van der Waals surface area contributed by atoms with Gasteiger partial charge in [0, 0.05) is 0 Å². The van der Waals surface area contributed by atoms with E-state index in [1.807, 2.05) is 0 Å². The highest BCUT2D eigenvalue weighted by Crippen LogP contribution is 2.20. The first-order valence-corrected chi connectivity index (χ1v) is 4.59. The second-order valence-electron chi connectivity index (χ2n) is 3.29. The molecule has 0 aliphatic rings. The summed E-state index contributed by atoms with van der Waals surface area (Å²) in [5, 5.41) is 21.4. The molecule has 1 aromatic carbocycles. The minimum absolute atomic E-state index is 0.0420. The minimum Gasteiger partial charge on any atom is -0.501 e. The van der Waals surface area contributed by atoms with Gasteiger partial charge in [-0.1, -0.05) is 17.3 Å². The number of hydrogen-bond acceptors (Lipinski definition) is 5. The topological polar surface area (TPSA) is 83.0 Å². The fourth-order valence-electron chi connectivity index (χ4n) is 1.42. The van der Waals surface area contributed by atoms with Gasteiger partial charge in [0.1, 0.15) is 11.3 Å². The Morgan fingerprint density at radius 2 is 2.06 bits per heavy atom. The molecule has 0 atom stereocenters. The van der Waals surface area contributed by atoms with Crippen molar-refractivity contribution in [1.29, 1.82) is 0 Å². The molecule has 2 rings (SSSR count). The highest BCUT2D eigenvalue weighted by atomic mass is 16.4. The van der Waals surface area contributed by atoms with E-state index in [0.717, 1.165) is 0 Å². The van der Waals surface area contributed by atoms with Gasteiger partial charge < -0.3 is 14.7 Å². The molecule has 0 saturated heterocycles. The van der Waals surface area contributed by atoms with E-state index in [0.29, 0.717) is 5.58 Å². The molecule has 0 unspecified atom stereocenters. The molecule has 2 aromatic rings. The van der Waals surface area contributed by atoms with Crippen LogP contribution in [0.2, 0.25) is 0 Å². The number of fused-ring (bicyclic) bond motifs is 1. The highest BCUT2D eigenvalue weighted by molar-refractivity contribution is 5.99. The Balaban J connectivity index is 2.90. The fraction of sp³-hybridized carbons (Fsp3) is 0.0909. The molecule has 0 fully saturated rings. The second kappa shape index (κ2) is 3.69. The number of rotatable bonds is 1. The normalized spacial score (nSPS) is 11.9. The summed E-state index contributed by atoms with van der Waals surface area (Å²) in [6.07, 6.45) is 0. The minimum atomic E-state index is -0.547. The fourth-order valence-corrected chi connectivity index (χ4v) is 1.42. The first-order valence-electron chi connectivity index (χ1n) is 4.59. The third-order valence-electron chi connectivity index (χ3n) is 2.25. The lowest BCUT2D eigenvalue weighted by molar-refractivity contribution is 0.317. The number of aromatic hydroxyl groups is 1. The Bertz CT molecular complexity index is 627. The van der Waals surface area contributed by atoms with Gasteiger partial charge in [-0.05, 0) is 19.1 Å². The Morgan fingerprint density at radius 3 is 2.75 bits per heavy atom.